The molecule has 0 saturated carbocycles. The van der Waals surface area contributed by atoms with E-state index >= 15 is 0 Å². The van der Waals surface area contributed by atoms with Crippen molar-refractivity contribution < 1.29 is 23.0 Å². The highest BCUT2D eigenvalue weighted by atomic mass is 32.2. The summed E-state index contributed by atoms with van der Waals surface area (Å²) in [5, 5.41) is 22.4. The molecule has 0 radical (unpaired) electrons. The molecule has 5 aromatic rings. The van der Waals surface area contributed by atoms with Gasteiger partial charge in [0.1, 0.15) is 5.82 Å². The number of hydrogen-bond acceptors (Lipinski definition) is 11. The van der Waals surface area contributed by atoms with Crippen LogP contribution in [0.25, 0.3) is 0 Å². The molecule has 12 nitrogen and oxygen atoms in total. The van der Waals surface area contributed by atoms with Crippen molar-refractivity contribution in [3.8, 4) is 11.5 Å². The molecular formula is C36H39N7O5S. The number of para-hydroxylation sites is 1. The fourth-order valence-electron chi connectivity index (χ4n) is 4.96. The van der Waals surface area contributed by atoms with Crippen LogP contribution in [0, 0.1) is 0 Å². The lowest BCUT2D eigenvalue weighted by molar-refractivity contribution is 0.191. The van der Waals surface area contributed by atoms with Crippen molar-refractivity contribution in [1.82, 2.24) is 14.7 Å². The van der Waals surface area contributed by atoms with Gasteiger partial charge in [-0.05, 0) is 67.1 Å². The minimum atomic E-state index is -3.57. The average molecular weight is 682 g/mol. The zero-order valence-corrected chi connectivity index (χ0v) is 28.5. The van der Waals surface area contributed by atoms with E-state index in [0.29, 0.717) is 46.8 Å². The number of nitrogens with zero attached hydrogens (tertiary/aromatic N) is 3. The van der Waals surface area contributed by atoms with Gasteiger partial charge < -0.3 is 25.2 Å². The van der Waals surface area contributed by atoms with E-state index in [1.165, 1.54) is 19.2 Å². The third kappa shape index (κ3) is 8.90. The van der Waals surface area contributed by atoms with Crippen molar-refractivity contribution in [2.45, 2.75) is 24.3 Å². The van der Waals surface area contributed by atoms with Crippen LogP contribution >= 0.6 is 0 Å². The molecule has 0 saturated heterocycles. The standard InChI is InChI=1S/C36H39N7O5S/c1-24(26-15-18-29(19-16-26)49(45,46)37-2)42-43-35-30(21-25-11-7-5-8-12-25)34(40-36(41-35)39-28-13-9-6-10-14-28)38-23-31(44)27-17-20-32(47-3)33(22-27)48-4/h5-20,22,31,37,44H,21,23H2,1-4H3,(H3,38,39,40,41,43). The molecule has 0 amide bonds. The van der Waals surface area contributed by atoms with E-state index in [9.17, 15) is 13.5 Å². The molecule has 1 unspecified atom stereocenters. The Bertz CT molecular complexity index is 1990. The molecule has 13 heteroatoms. The maximum atomic E-state index is 12.2. The van der Waals surface area contributed by atoms with Gasteiger partial charge in [-0.1, -0.05) is 66.7 Å². The SMILES string of the molecule is CNS(=O)(=O)c1ccc(C(C)=NNc2nc(Nc3ccccc3)nc(NCC(O)c3ccc(OC)c(OC)c3)c2Cc2ccccc2)cc1. The zero-order chi connectivity index (χ0) is 34.8. The number of methoxy groups -OCH3 is 2. The fraction of sp³-hybridized carbons (Fsp3) is 0.194. The monoisotopic (exact) mass is 681 g/mol. The zero-order valence-electron chi connectivity index (χ0n) is 27.6. The highest BCUT2D eigenvalue weighted by Crippen LogP contribution is 2.32. The number of benzene rings is 4. The third-order valence-corrected chi connectivity index (χ3v) is 9.13. The van der Waals surface area contributed by atoms with Gasteiger partial charge in [0.05, 0.1) is 30.9 Å². The summed E-state index contributed by atoms with van der Waals surface area (Å²) < 4.78 is 37.5. The molecule has 5 N–H and O–H groups in total. The molecule has 5 rings (SSSR count). The summed E-state index contributed by atoms with van der Waals surface area (Å²) >= 11 is 0. The summed E-state index contributed by atoms with van der Waals surface area (Å²) in [7, 11) is 0.910. The van der Waals surface area contributed by atoms with Gasteiger partial charge in [-0.15, -0.1) is 0 Å². The van der Waals surface area contributed by atoms with Gasteiger partial charge in [0.15, 0.2) is 17.3 Å². The van der Waals surface area contributed by atoms with Crippen LogP contribution in [0.3, 0.4) is 0 Å². The second kappa shape index (κ2) is 16.1. The average Bonchev–Trinajstić information content (AvgIpc) is 3.14. The Balaban J connectivity index is 1.51. The quantitative estimate of drug-likeness (QED) is 0.0684. The Morgan fingerprint density at radius 3 is 2.16 bits per heavy atom. The molecule has 4 aromatic carbocycles. The molecule has 1 aromatic heterocycles. The molecule has 254 valence electrons. The Morgan fingerprint density at radius 2 is 1.51 bits per heavy atom. The van der Waals surface area contributed by atoms with Crippen LogP contribution in [0.5, 0.6) is 11.5 Å². The molecule has 0 aliphatic heterocycles. The van der Waals surface area contributed by atoms with Crippen LogP contribution < -0.4 is 30.3 Å². The lowest BCUT2D eigenvalue weighted by Gasteiger charge is -2.19. The number of sulfonamides is 1. The maximum Gasteiger partial charge on any atom is 0.240 e. The van der Waals surface area contributed by atoms with Crippen molar-refractivity contribution in [3.05, 3.63) is 125 Å². The number of aromatic nitrogens is 2. The van der Waals surface area contributed by atoms with Crippen LogP contribution in [0.15, 0.2) is 113 Å². The number of anilines is 4. The van der Waals surface area contributed by atoms with Crippen LogP contribution in [-0.2, 0) is 16.4 Å². The summed E-state index contributed by atoms with van der Waals surface area (Å²) in [6.45, 7) is 1.94. The van der Waals surface area contributed by atoms with Gasteiger partial charge in [-0.25, -0.2) is 13.1 Å². The Kier molecular flexibility index (Phi) is 11.4. The van der Waals surface area contributed by atoms with Crippen molar-refractivity contribution in [3.63, 3.8) is 0 Å². The molecule has 1 heterocycles. The number of nitrogens with one attached hydrogen (secondary N) is 4. The van der Waals surface area contributed by atoms with Gasteiger partial charge in [0, 0.05) is 24.2 Å². The van der Waals surface area contributed by atoms with Gasteiger partial charge in [0.25, 0.3) is 0 Å². The first-order valence-electron chi connectivity index (χ1n) is 15.5. The van der Waals surface area contributed by atoms with Crippen LogP contribution in [-0.4, -0.2) is 57.0 Å². The predicted molar refractivity (Wildman–Crippen MR) is 193 cm³/mol. The molecular weight excluding hydrogens is 643 g/mol. The topological polar surface area (TPSA) is 159 Å². The van der Waals surface area contributed by atoms with Gasteiger partial charge in [0.2, 0.25) is 16.0 Å². The van der Waals surface area contributed by atoms with E-state index in [0.717, 1.165) is 22.4 Å². The van der Waals surface area contributed by atoms with E-state index in [4.69, 9.17) is 19.4 Å². The minimum Gasteiger partial charge on any atom is -0.493 e. The van der Waals surface area contributed by atoms with E-state index in [2.05, 4.69) is 25.9 Å². The second-order valence-electron chi connectivity index (χ2n) is 10.9. The van der Waals surface area contributed by atoms with E-state index in [-0.39, 0.29) is 11.4 Å². The normalized spacial score (nSPS) is 12.2. The van der Waals surface area contributed by atoms with Crippen LogP contribution in [0.2, 0.25) is 0 Å². The summed E-state index contributed by atoms with van der Waals surface area (Å²) in [5.74, 6) is 2.32. The first-order valence-corrected chi connectivity index (χ1v) is 16.9. The van der Waals surface area contributed by atoms with Crippen LogP contribution in [0.4, 0.5) is 23.3 Å². The summed E-state index contributed by atoms with van der Waals surface area (Å²) in [5.41, 5.74) is 7.62. The number of hydrogen-bond donors (Lipinski definition) is 5. The molecule has 0 aliphatic carbocycles. The minimum absolute atomic E-state index is 0.128. The first-order chi connectivity index (χ1) is 23.7. The first kappa shape index (κ1) is 34.8. The predicted octanol–water partition coefficient (Wildman–Crippen LogP) is 5.72. The summed E-state index contributed by atoms with van der Waals surface area (Å²) in [6.07, 6.45) is -0.453. The molecule has 1 atom stereocenters. The number of aliphatic hydroxyl groups excluding tert-OH is 1. The Labute approximate surface area is 286 Å². The van der Waals surface area contributed by atoms with E-state index < -0.39 is 16.1 Å². The van der Waals surface area contributed by atoms with Gasteiger partial charge in [-0.3, -0.25) is 5.43 Å². The molecule has 0 spiro atoms. The highest BCUT2D eigenvalue weighted by Gasteiger charge is 2.19. The van der Waals surface area contributed by atoms with Crippen molar-refractivity contribution >= 4 is 39.0 Å². The lowest BCUT2D eigenvalue weighted by Crippen LogP contribution is -2.18. The maximum absolute atomic E-state index is 12.2. The van der Waals surface area contributed by atoms with Crippen LogP contribution in [0.1, 0.15) is 35.3 Å². The largest absolute Gasteiger partial charge is 0.493 e. The van der Waals surface area contributed by atoms with Gasteiger partial charge in [-0.2, -0.15) is 15.1 Å². The van der Waals surface area contributed by atoms with Gasteiger partial charge >= 0.3 is 0 Å². The van der Waals surface area contributed by atoms with E-state index in [1.54, 1.807) is 44.6 Å². The smallest absolute Gasteiger partial charge is 0.240 e. The fourth-order valence-corrected chi connectivity index (χ4v) is 5.69. The number of ether oxygens (including phenoxy) is 2. The summed E-state index contributed by atoms with van der Waals surface area (Å²) in [6, 6.07) is 31.2. The Hall–Kier alpha value is -5.50. The van der Waals surface area contributed by atoms with Crippen molar-refractivity contribution in [1.29, 1.82) is 0 Å². The Morgan fingerprint density at radius 1 is 0.857 bits per heavy atom. The lowest BCUT2D eigenvalue weighted by atomic mass is 10.1. The number of aliphatic hydroxyl groups is 1. The van der Waals surface area contributed by atoms with E-state index in [1.807, 2.05) is 67.6 Å². The highest BCUT2D eigenvalue weighted by molar-refractivity contribution is 7.89. The molecule has 49 heavy (non-hydrogen) atoms. The second-order valence-corrected chi connectivity index (χ2v) is 12.8. The summed E-state index contributed by atoms with van der Waals surface area (Å²) in [4.78, 5) is 9.81. The molecule has 0 bridgehead atoms. The molecule has 0 fully saturated rings. The van der Waals surface area contributed by atoms with Crippen molar-refractivity contribution in [2.75, 3.05) is 43.9 Å². The number of hydrazone groups is 1. The number of rotatable bonds is 15. The molecule has 0 aliphatic rings. The third-order valence-electron chi connectivity index (χ3n) is 7.70. The van der Waals surface area contributed by atoms with Crippen molar-refractivity contribution in [2.24, 2.45) is 5.10 Å².